The van der Waals surface area contributed by atoms with E-state index in [0.717, 1.165) is 5.56 Å². The van der Waals surface area contributed by atoms with Crippen LogP contribution in [-0.2, 0) is 16.6 Å². The van der Waals surface area contributed by atoms with Gasteiger partial charge in [0, 0.05) is 12.2 Å². The summed E-state index contributed by atoms with van der Waals surface area (Å²) in [5, 5.41) is 10.1. The smallest absolute Gasteiger partial charge is 0.319 e. The van der Waals surface area contributed by atoms with Gasteiger partial charge in [0.15, 0.2) is 0 Å². The van der Waals surface area contributed by atoms with Crippen LogP contribution in [0.3, 0.4) is 0 Å². The van der Waals surface area contributed by atoms with E-state index in [1.165, 1.54) is 30.3 Å². The minimum Gasteiger partial charge on any atom is -0.334 e. The van der Waals surface area contributed by atoms with Crippen molar-refractivity contribution in [2.45, 2.75) is 18.4 Å². The molecule has 0 bridgehead atoms. The van der Waals surface area contributed by atoms with Gasteiger partial charge >= 0.3 is 6.03 Å². The summed E-state index contributed by atoms with van der Waals surface area (Å²) in [7, 11) is -3.80. The Kier molecular flexibility index (Phi) is 4.97. The van der Waals surface area contributed by atoms with E-state index in [1.54, 1.807) is 19.1 Å². The molecule has 6 nitrogen and oxygen atoms in total. The van der Waals surface area contributed by atoms with Crippen LogP contribution in [0.1, 0.15) is 11.1 Å². The molecular formula is C15H16FN3O3S. The molecule has 2 aromatic carbocycles. The number of carbonyl (C=O) groups is 1. The first-order chi connectivity index (χ1) is 10.8. The van der Waals surface area contributed by atoms with E-state index < -0.39 is 21.9 Å². The summed E-state index contributed by atoms with van der Waals surface area (Å²) in [5.74, 6) is -0.459. The molecule has 23 heavy (non-hydrogen) atoms. The highest BCUT2D eigenvalue weighted by molar-refractivity contribution is 7.89. The van der Waals surface area contributed by atoms with E-state index in [4.69, 9.17) is 5.14 Å². The van der Waals surface area contributed by atoms with Crippen molar-refractivity contribution in [3.8, 4) is 0 Å². The highest BCUT2D eigenvalue weighted by atomic mass is 32.2. The van der Waals surface area contributed by atoms with E-state index in [2.05, 4.69) is 10.6 Å². The van der Waals surface area contributed by atoms with Crippen LogP contribution in [0.25, 0.3) is 0 Å². The average molecular weight is 337 g/mol. The number of aryl methyl sites for hydroxylation is 1. The number of anilines is 1. The van der Waals surface area contributed by atoms with Crippen molar-refractivity contribution in [1.29, 1.82) is 0 Å². The van der Waals surface area contributed by atoms with Crippen LogP contribution in [0, 0.1) is 12.7 Å². The van der Waals surface area contributed by atoms with Crippen molar-refractivity contribution >= 4 is 21.7 Å². The van der Waals surface area contributed by atoms with Crippen LogP contribution in [-0.4, -0.2) is 14.4 Å². The highest BCUT2D eigenvalue weighted by Crippen LogP contribution is 2.14. The van der Waals surface area contributed by atoms with E-state index in [-0.39, 0.29) is 11.4 Å². The summed E-state index contributed by atoms with van der Waals surface area (Å²) in [5.41, 5.74) is 1.74. The van der Waals surface area contributed by atoms with Crippen LogP contribution in [0.5, 0.6) is 0 Å². The summed E-state index contributed by atoms with van der Waals surface area (Å²) < 4.78 is 35.7. The number of sulfonamides is 1. The van der Waals surface area contributed by atoms with Gasteiger partial charge in [0.2, 0.25) is 10.0 Å². The number of halogens is 1. The summed E-state index contributed by atoms with van der Waals surface area (Å²) in [6, 6.07) is 9.38. The number of amides is 2. The zero-order valence-corrected chi connectivity index (χ0v) is 13.2. The topological polar surface area (TPSA) is 101 Å². The first-order valence-corrected chi connectivity index (χ1v) is 8.23. The Bertz CT molecular complexity index is 838. The zero-order chi connectivity index (χ0) is 17.0. The van der Waals surface area contributed by atoms with E-state index >= 15 is 0 Å². The Labute approximate surface area is 133 Å². The minimum absolute atomic E-state index is 0.0227. The molecule has 2 aromatic rings. The van der Waals surface area contributed by atoms with Gasteiger partial charge in [-0.05, 0) is 48.4 Å². The van der Waals surface area contributed by atoms with Gasteiger partial charge in [0.25, 0.3) is 0 Å². The first kappa shape index (κ1) is 16.9. The van der Waals surface area contributed by atoms with Crippen molar-refractivity contribution in [2.75, 3.05) is 5.32 Å². The highest BCUT2D eigenvalue weighted by Gasteiger charge is 2.11. The number of carbonyl (C=O) groups excluding carboxylic acids is 1. The molecule has 0 aliphatic rings. The lowest BCUT2D eigenvalue weighted by atomic mass is 10.1. The summed E-state index contributed by atoms with van der Waals surface area (Å²) in [6.45, 7) is 1.89. The van der Waals surface area contributed by atoms with Gasteiger partial charge in [-0.15, -0.1) is 0 Å². The van der Waals surface area contributed by atoms with E-state index in [1.807, 2.05) is 0 Å². The molecule has 0 spiro atoms. The lowest BCUT2D eigenvalue weighted by Gasteiger charge is -2.11. The van der Waals surface area contributed by atoms with Gasteiger partial charge in [-0.2, -0.15) is 0 Å². The van der Waals surface area contributed by atoms with Crippen LogP contribution < -0.4 is 15.8 Å². The normalized spacial score (nSPS) is 11.1. The summed E-state index contributed by atoms with van der Waals surface area (Å²) in [4.78, 5) is 11.8. The number of nitrogens with one attached hydrogen (secondary N) is 2. The van der Waals surface area contributed by atoms with Gasteiger partial charge in [0.05, 0.1) is 4.90 Å². The van der Waals surface area contributed by atoms with Crippen LogP contribution in [0.4, 0.5) is 14.9 Å². The third-order valence-corrected chi connectivity index (χ3v) is 4.08. The molecule has 2 amide bonds. The maximum atomic E-state index is 13.0. The van der Waals surface area contributed by atoms with E-state index in [0.29, 0.717) is 11.3 Å². The maximum Gasteiger partial charge on any atom is 0.319 e. The number of urea groups is 1. The fourth-order valence-electron chi connectivity index (χ4n) is 1.93. The van der Waals surface area contributed by atoms with Crippen molar-refractivity contribution in [1.82, 2.24) is 5.32 Å². The average Bonchev–Trinajstić information content (AvgIpc) is 2.45. The van der Waals surface area contributed by atoms with Crippen molar-refractivity contribution in [2.24, 2.45) is 5.14 Å². The Morgan fingerprint density at radius 2 is 1.96 bits per heavy atom. The fraction of sp³-hybridized carbons (Fsp3) is 0.133. The molecule has 0 fully saturated rings. The van der Waals surface area contributed by atoms with Crippen molar-refractivity contribution in [3.63, 3.8) is 0 Å². The van der Waals surface area contributed by atoms with Crippen molar-refractivity contribution < 1.29 is 17.6 Å². The van der Waals surface area contributed by atoms with Gasteiger partial charge in [-0.25, -0.2) is 22.7 Å². The van der Waals surface area contributed by atoms with Gasteiger partial charge in [-0.3, -0.25) is 0 Å². The minimum atomic E-state index is -3.80. The summed E-state index contributed by atoms with van der Waals surface area (Å²) in [6.07, 6.45) is 0. The molecule has 4 N–H and O–H groups in total. The molecule has 0 radical (unpaired) electrons. The number of benzene rings is 2. The molecule has 0 aromatic heterocycles. The first-order valence-electron chi connectivity index (χ1n) is 6.68. The predicted molar refractivity (Wildman–Crippen MR) is 84.8 cm³/mol. The number of rotatable bonds is 4. The number of hydrogen-bond donors (Lipinski definition) is 3. The molecule has 0 saturated heterocycles. The van der Waals surface area contributed by atoms with Gasteiger partial charge in [0.1, 0.15) is 5.82 Å². The van der Waals surface area contributed by atoms with Gasteiger partial charge in [-0.1, -0.05) is 12.1 Å². The Balaban J connectivity index is 2.04. The molecule has 0 heterocycles. The molecule has 0 atom stereocenters. The number of nitrogens with two attached hydrogens (primary N) is 1. The number of primary sulfonamides is 1. The molecule has 0 aliphatic heterocycles. The lowest BCUT2D eigenvalue weighted by molar-refractivity contribution is 0.251. The largest absolute Gasteiger partial charge is 0.334 e. The zero-order valence-electron chi connectivity index (χ0n) is 12.3. The standard InChI is InChI=1S/C15H16FN3O3S/c1-10-5-6-14(23(17,21)22)7-11(10)9-18-15(20)19-13-4-2-3-12(16)8-13/h2-8H,9H2,1H3,(H2,17,21,22)(H2,18,19,20). The second-order valence-corrected chi connectivity index (χ2v) is 6.51. The van der Waals surface area contributed by atoms with Crippen LogP contribution in [0.15, 0.2) is 47.4 Å². The predicted octanol–water partition coefficient (Wildman–Crippen LogP) is 2.10. The molecular weight excluding hydrogens is 321 g/mol. The summed E-state index contributed by atoms with van der Waals surface area (Å²) >= 11 is 0. The monoisotopic (exact) mass is 337 g/mol. The molecule has 0 unspecified atom stereocenters. The quantitative estimate of drug-likeness (QED) is 0.796. The molecule has 0 aliphatic carbocycles. The third-order valence-electron chi connectivity index (χ3n) is 3.17. The second-order valence-electron chi connectivity index (χ2n) is 4.95. The van der Waals surface area contributed by atoms with Crippen LogP contribution >= 0.6 is 0 Å². The molecule has 0 saturated carbocycles. The molecule has 122 valence electrons. The van der Waals surface area contributed by atoms with E-state index in [9.17, 15) is 17.6 Å². The third kappa shape index (κ3) is 4.76. The Morgan fingerprint density at radius 3 is 2.61 bits per heavy atom. The van der Waals surface area contributed by atoms with Crippen molar-refractivity contribution in [3.05, 3.63) is 59.4 Å². The fourth-order valence-corrected chi connectivity index (χ4v) is 2.50. The number of hydrogen-bond acceptors (Lipinski definition) is 3. The molecule has 8 heteroatoms. The SMILES string of the molecule is Cc1ccc(S(N)(=O)=O)cc1CNC(=O)Nc1cccc(F)c1. The van der Waals surface area contributed by atoms with Gasteiger partial charge < -0.3 is 10.6 Å². The second kappa shape index (κ2) is 6.76. The van der Waals surface area contributed by atoms with Crippen LogP contribution in [0.2, 0.25) is 0 Å². The maximum absolute atomic E-state index is 13.0. The molecule has 2 rings (SSSR count). The Morgan fingerprint density at radius 1 is 1.22 bits per heavy atom. The Hall–Kier alpha value is -2.45. The lowest BCUT2D eigenvalue weighted by Crippen LogP contribution is -2.28.